The van der Waals surface area contributed by atoms with Gasteiger partial charge in [-0.05, 0) is 54.4 Å². The van der Waals surface area contributed by atoms with Gasteiger partial charge in [-0.15, -0.1) is 0 Å². The van der Waals surface area contributed by atoms with E-state index in [2.05, 4.69) is 5.32 Å². The van der Waals surface area contributed by atoms with Crippen LogP contribution < -0.4 is 10.1 Å². The number of rotatable bonds is 7. The number of benzene rings is 3. The number of ether oxygens (including phenoxy) is 1. The summed E-state index contributed by atoms with van der Waals surface area (Å²) in [7, 11) is 0. The van der Waals surface area contributed by atoms with Crippen molar-refractivity contribution in [1.29, 1.82) is 0 Å². The molecule has 0 bridgehead atoms. The number of nitrogens with one attached hydrogen (secondary N) is 1. The first kappa shape index (κ1) is 18.9. The van der Waals surface area contributed by atoms with Gasteiger partial charge >= 0.3 is 0 Å². The summed E-state index contributed by atoms with van der Waals surface area (Å²) in [5.41, 5.74) is 2.43. The van der Waals surface area contributed by atoms with Gasteiger partial charge in [0.25, 0.3) is 5.91 Å². The lowest BCUT2D eigenvalue weighted by atomic mass is 10.1. The molecule has 138 valence electrons. The van der Waals surface area contributed by atoms with E-state index >= 15 is 0 Å². The van der Waals surface area contributed by atoms with Crippen LogP contribution in [0.2, 0.25) is 5.02 Å². The first-order valence-corrected chi connectivity index (χ1v) is 8.98. The monoisotopic (exact) mass is 383 g/mol. The Kier molecular flexibility index (Phi) is 6.44. The Morgan fingerprint density at radius 3 is 2.37 bits per heavy atom. The maximum atomic E-state index is 12.9. The van der Waals surface area contributed by atoms with Crippen molar-refractivity contribution < 1.29 is 13.9 Å². The van der Waals surface area contributed by atoms with Crippen LogP contribution in [0.25, 0.3) is 0 Å². The van der Waals surface area contributed by atoms with Gasteiger partial charge in [-0.1, -0.05) is 41.9 Å². The molecule has 0 unspecified atom stereocenters. The molecule has 3 aromatic rings. The molecule has 3 rings (SSSR count). The Morgan fingerprint density at radius 1 is 0.963 bits per heavy atom. The Labute approximate surface area is 162 Å². The van der Waals surface area contributed by atoms with Gasteiger partial charge in [0.05, 0.1) is 0 Å². The van der Waals surface area contributed by atoms with Crippen LogP contribution >= 0.6 is 11.6 Å². The minimum absolute atomic E-state index is 0.158. The lowest BCUT2D eigenvalue weighted by Crippen LogP contribution is -2.25. The summed E-state index contributed by atoms with van der Waals surface area (Å²) in [5, 5.41) is 3.52. The standard InChI is InChI=1S/C22H19ClFNO2/c23-21-4-2-1-3-18(21)15-27-20-11-7-17(8-12-20)22(26)25-14-13-16-5-9-19(24)10-6-16/h1-12H,13-15H2,(H,25,26). The fourth-order valence-electron chi connectivity index (χ4n) is 2.55. The third kappa shape index (κ3) is 5.56. The first-order chi connectivity index (χ1) is 13.1. The number of amides is 1. The smallest absolute Gasteiger partial charge is 0.251 e. The van der Waals surface area contributed by atoms with E-state index < -0.39 is 0 Å². The molecule has 27 heavy (non-hydrogen) atoms. The maximum absolute atomic E-state index is 12.9. The molecule has 3 nitrogen and oxygen atoms in total. The van der Waals surface area contributed by atoms with Crippen LogP contribution in [-0.4, -0.2) is 12.5 Å². The molecule has 0 heterocycles. The van der Waals surface area contributed by atoms with Gasteiger partial charge in [0.15, 0.2) is 0 Å². The summed E-state index contributed by atoms with van der Waals surface area (Å²) in [4.78, 5) is 12.2. The molecule has 0 atom stereocenters. The zero-order valence-electron chi connectivity index (χ0n) is 14.6. The molecule has 0 aliphatic rings. The number of hydrogen-bond acceptors (Lipinski definition) is 2. The molecule has 5 heteroatoms. The number of halogens is 2. The maximum Gasteiger partial charge on any atom is 0.251 e. The minimum Gasteiger partial charge on any atom is -0.489 e. The highest BCUT2D eigenvalue weighted by atomic mass is 35.5. The molecule has 0 aliphatic carbocycles. The van der Waals surface area contributed by atoms with Crippen LogP contribution in [0, 0.1) is 5.82 Å². The van der Waals surface area contributed by atoms with Gasteiger partial charge in [0.2, 0.25) is 0 Å². The Morgan fingerprint density at radius 2 is 1.67 bits per heavy atom. The molecule has 0 spiro atoms. The summed E-state index contributed by atoms with van der Waals surface area (Å²) in [6, 6.07) is 20.7. The molecule has 1 amide bonds. The van der Waals surface area contributed by atoms with Gasteiger partial charge in [-0.25, -0.2) is 4.39 Å². The SMILES string of the molecule is O=C(NCCc1ccc(F)cc1)c1ccc(OCc2ccccc2Cl)cc1. The Bertz CT molecular complexity index is 895. The number of carbonyl (C=O) groups excluding carboxylic acids is 1. The van der Waals surface area contributed by atoms with Gasteiger partial charge in [0.1, 0.15) is 18.2 Å². The second kappa shape index (κ2) is 9.19. The summed E-state index contributed by atoms with van der Waals surface area (Å²) >= 11 is 6.11. The second-order valence-corrected chi connectivity index (χ2v) is 6.44. The molecular formula is C22H19ClFNO2. The summed E-state index contributed by atoms with van der Waals surface area (Å²) in [6.07, 6.45) is 0.644. The summed E-state index contributed by atoms with van der Waals surface area (Å²) in [6.45, 7) is 0.845. The Hall–Kier alpha value is -2.85. The van der Waals surface area contributed by atoms with Crippen LogP contribution in [0.4, 0.5) is 4.39 Å². The van der Waals surface area contributed by atoms with Crippen molar-refractivity contribution in [3.8, 4) is 5.75 Å². The average molecular weight is 384 g/mol. The van der Waals surface area contributed by atoms with Crippen molar-refractivity contribution >= 4 is 17.5 Å². The third-order valence-corrected chi connectivity index (χ3v) is 4.45. The quantitative estimate of drug-likeness (QED) is 0.621. The van der Waals surface area contributed by atoms with Crippen molar-refractivity contribution in [2.45, 2.75) is 13.0 Å². The minimum atomic E-state index is -0.264. The highest BCUT2D eigenvalue weighted by Gasteiger charge is 2.06. The molecule has 0 aliphatic heterocycles. The Balaban J connectivity index is 1.48. The second-order valence-electron chi connectivity index (χ2n) is 6.04. The zero-order valence-corrected chi connectivity index (χ0v) is 15.4. The van der Waals surface area contributed by atoms with Crippen LogP contribution in [0.1, 0.15) is 21.5 Å². The number of carbonyl (C=O) groups is 1. The fraction of sp³-hybridized carbons (Fsp3) is 0.136. The van der Waals surface area contributed by atoms with Crippen molar-refractivity contribution in [1.82, 2.24) is 5.32 Å². The molecule has 0 radical (unpaired) electrons. The van der Waals surface area contributed by atoms with Crippen molar-refractivity contribution in [2.75, 3.05) is 6.54 Å². The topological polar surface area (TPSA) is 38.3 Å². The van der Waals surface area contributed by atoms with E-state index in [0.29, 0.717) is 35.9 Å². The van der Waals surface area contributed by atoms with Gasteiger partial charge in [-0.2, -0.15) is 0 Å². The van der Waals surface area contributed by atoms with Crippen molar-refractivity contribution in [2.24, 2.45) is 0 Å². The lowest BCUT2D eigenvalue weighted by Gasteiger charge is -2.09. The van der Waals surface area contributed by atoms with E-state index in [9.17, 15) is 9.18 Å². The van der Waals surface area contributed by atoms with Gasteiger partial charge < -0.3 is 10.1 Å². The predicted molar refractivity (Wildman–Crippen MR) is 105 cm³/mol. The van der Waals surface area contributed by atoms with Gasteiger partial charge in [-0.3, -0.25) is 4.79 Å². The van der Waals surface area contributed by atoms with Crippen LogP contribution in [0.3, 0.4) is 0 Å². The van der Waals surface area contributed by atoms with E-state index in [1.54, 1.807) is 36.4 Å². The fourth-order valence-corrected chi connectivity index (χ4v) is 2.74. The van der Waals surface area contributed by atoms with E-state index in [-0.39, 0.29) is 11.7 Å². The highest BCUT2D eigenvalue weighted by molar-refractivity contribution is 6.31. The average Bonchev–Trinajstić information content (AvgIpc) is 2.69. The summed E-state index contributed by atoms with van der Waals surface area (Å²) in [5.74, 6) is 0.243. The first-order valence-electron chi connectivity index (χ1n) is 8.61. The van der Waals surface area contributed by atoms with Crippen LogP contribution in [0.15, 0.2) is 72.8 Å². The third-order valence-electron chi connectivity index (χ3n) is 4.08. The lowest BCUT2D eigenvalue weighted by molar-refractivity contribution is 0.0954. The molecule has 0 aromatic heterocycles. The van der Waals surface area contributed by atoms with E-state index in [1.165, 1.54) is 12.1 Å². The van der Waals surface area contributed by atoms with Crippen molar-refractivity contribution in [3.05, 3.63) is 100 Å². The molecule has 0 saturated heterocycles. The van der Waals surface area contributed by atoms with Gasteiger partial charge in [0, 0.05) is 22.7 Å². The normalized spacial score (nSPS) is 10.4. The molecule has 0 saturated carbocycles. The van der Waals surface area contributed by atoms with Crippen LogP contribution in [0.5, 0.6) is 5.75 Å². The van der Waals surface area contributed by atoms with Crippen molar-refractivity contribution in [3.63, 3.8) is 0 Å². The predicted octanol–water partition coefficient (Wildman–Crippen LogP) is 5.03. The largest absolute Gasteiger partial charge is 0.489 e. The van der Waals surface area contributed by atoms with E-state index in [4.69, 9.17) is 16.3 Å². The van der Waals surface area contributed by atoms with E-state index in [1.807, 2.05) is 24.3 Å². The highest BCUT2D eigenvalue weighted by Crippen LogP contribution is 2.19. The molecule has 1 N–H and O–H groups in total. The molecule has 3 aromatic carbocycles. The molecule has 0 fully saturated rings. The van der Waals surface area contributed by atoms with Crippen LogP contribution in [-0.2, 0) is 13.0 Å². The number of hydrogen-bond donors (Lipinski definition) is 1. The zero-order chi connectivity index (χ0) is 19.1. The van der Waals surface area contributed by atoms with E-state index in [0.717, 1.165) is 11.1 Å². The molecular weight excluding hydrogens is 365 g/mol. The summed E-state index contributed by atoms with van der Waals surface area (Å²) < 4.78 is 18.6.